The molecule has 1 aliphatic rings. The van der Waals surface area contributed by atoms with Gasteiger partial charge in [-0.3, -0.25) is 0 Å². The summed E-state index contributed by atoms with van der Waals surface area (Å²) in [5.74, 6) is 0.728. The molecule has 4 nitrogen and oxygen atoms in total. The van der Waals surface area contributed by atoms with Gasteiger partial charge in [0.15, 0.2) is 0 Å². The molecule has 20 heavy (non-hydrogen) atoms. The van der Waals surface area contributed by atoms with Crippen molar-refractivity contribution in [2.45, 2.75) is 50.1 Å². The molecule has 2 rings (SSSR count). The maximum atomic E-state index is 12.6. The molecule has 1 aromatic rings. The molecule has 0 spiro atoms. The standard InChI is InChI=1S/C14H24N2O2S2/c1-11-4-6-12(7-5-11)16(3)20(17,18)14-8-13(9-15-2)19-10-14/h8,10-12,15H,4-7,9H2,1-3H3. The molecule has 0 radical (unpaired) electrons. The van der Waals surface area contributed by atoms with Gasteiger partial charge in [0.1, 0.15) is 0 Å². The number of hydrogen-bond donors (Lipinski definition) is 1. The minimum absolute atomic E-state index is 0.156. The fourth-order valence-electron chi connectivity index (χ4n) is 2.73. The monoisotopic (exact) mass is 316 g/mol. The summed E-state index contributed by atoms with van der Waals surface area (Å²) < 4.78 is 26.9. The van der Waals surface area contributed by atoms with E-state index >= 15 is 0 Å². The first-order chi connectivity index (χ1) is 9.45. The second kappa shape index (κ2) is 6.56. The first-order valence-electron chi connectivity index (χ1n) is 7.15. The van der Waals surface area contributed by atoms with Crippen LogP contribution in [0.3, 0.4) is 0 Å². The number of thiophene rings is 1. The summed E-state index contributed by atoms with van der Waals surface area (Å²) in [7, 11) is 0.254. The predicted molar refractivity (Wildman–Crippen MR) is 83.5 cm³/mol. The van der Waals surface area contributed by atoms with Gasteiger partial charge in [0.05, 0.1) is 4.90 Å². The van der Waals surface area contributed by atoms with Crippen molar-refractivity contribution in [3.8, 4) is 0 Å². The summed E-state index contributed by atoms with van der Waals surface area (Å²) in [6, 6.07) is 1.95. The van der Waals surface area contributed by atoms with Crippen LogP contribution in [0.1, 0.15) is 37.5 Å². The van der Waals surface area contributed by atoms with Crippen LogP contribution in [-0.4, -0.2) is 32.9 Å². The molecule has 0 aliphatic heterocycles. The van der Waals surface area contributed by atoms with Crippen LogP contribution >= 0.6 is 11.3 Å². The zero-order valence-electron chi connectivity index (χ0n) is 12.4. The molecule has 1 saturated carbocycles. The Labute approximate surface area is 126 Å². The molecule has 1 aliphatic carbocycles. The Morgan fingerprint density at radius 1 is 1.35 bits per heavy atom. The van der Waals surface area contributed by atoms with E-state index in [9.17, 15) is 8.42 Å². The number of rotatable bonds is 5. The van der Waals surface area contributed by atoms with E-state index in [2.05, 4.69) is 12.2 Å². The number of nitrogens with one attached hydrogen (secondary N) is 1. The first kappa shape index (κ1) is 15.9. The highest BCUT2D eigenvalue weighted by Gasteiger charge is 2.31. The van der Waals surface area contributed by atoms with Gasteiger partial charge in [0.2, 0.25) is 10.0 Å². The van der Waals surface area contributed by atoms with Crippen LogP contribution in [0.15, 0.2) is 16.3 Å². The van der Waals surface area contributed by atoms with Gasteiger partial charge >= 0.3 is 0 Å². The van der Waals surface area contributed by atoms with Crippen LogP contribution in [0.5, 0.6) is 0 Å². The van der Waals surface area contributed by atoms with Gasteiger partial charge in [-0.25, -0.2) is 8.42 Å². The minimum atomic E-state index is -3.34. The fourth-order valence-corrected chi connectivity index (χ4v) is 5.42. The summed E-state index contributed by atoms with van der Waals surface area (Å²) in [6.07, 6.45) is 4.20. The highest BCUT2D eigenvalue weighted by atomic mass is 32.2. The number of nitrogens with zero attached hydrogens (tertiary/aromatic N) is 1. The van der Waals surface area contributed by atoms with Gasteiger partial charge in [0, 0.05) is 29.9 Å². The maximum absolute atomic E-state index is 12.6. The number of hydrogen-bond acceptors (Lipinski definition) is 4. The van der Waals surface area contributed by atoms with Crippen molar-refractivity contribution in [3.05, 3.63) is 16.3 Å². The Balaban J connectivity index is 2.12. The molecule has 1 heterocycles. The molecule has 1 fully saturated rings. The summed E-state index contributed by atoms with van der Waals surface area (Å²) in [6.45, 7) is 2.96. The van der Waals surface area contributed by atoms with E-state index in [1.807, 2.05) is 7.05 Å². The van der Waals surface area contributed by atoms with Crippen LogP contribution < -0.4 is 5.32 Å². The second-order valence-corrected chi connectivity index (χ2v) is 8.71. The van der Waals surface area contributed by atoms with Gasteiger partial charge in [-0.1, -0.05) is 6.92 Å². The molecular weight excluding hydrogens is 292 g/mol. The van der Waals surface area contributed by atoms with Crippen molar-refractivity contribution >= 4 is 21.4 Å². The Hall–Kier alpha value is -0.430. The highest BCUT2D eigenvalue weighted by Crippen LogP contribution is 2.30. The molecule has 0 amide bonds. The zero-order chi connectivity index (χ0) is 14.8. The third-order valence-corrected chi connectivity index (χ3v) is 7.13. The molecule has 1 N–H and O–H groups in total. The molecular formula is C14H24N2O2S2. The van der Waals surface area contributed by atoms with E-state index < -0.39 is 10.0 Å². The quantitative estimate of drug-likeness (QED) is 0.908. The topological polar surface area (TPSA) is 49.4 Å². The van der Waals surface area contributed by atoms with Crippen LogP contribution in [-0.2, 0) is 16.6 Å². The summed E-state index contributed by atoms with van der Waals surface area (Å²) in [4.78, 5) is 1.49. The third kappa shape index (κ3) is 3.42. The van der Waals surface area contributed by atoms with Crippen LogP contribution in [0, 0.1) is 5.92 Å². The van der Waals surface area contributed by atoms with Crippen LogP contribution in [0.4, 0.5) is 0 Å². The van der Waals surface area contributed by atoms with Crippen LogP contribution in [0.2, 0.25) is 0 Å². The lowest BCUT2D eigenvalue weighted by Gasteiger charge is -2.32. The zero-order valence-corrected chi connectivity index (χ0v) is 14.1. The molecule has 0 saturated heterocycles. The maximum Gasteiger partial charge on any atom is 0.243 e. The van der Waals surface area contributed by atoms with Gasteiger partial charge in [-0.15, -0.1) is 11.3 Å². The van der Waals surface area contributed by atoms with Gasteiger partial charge in [-0.05, 0) is 44.7 Å². The van der Waals surface area contributed by atoms with Gasteiger partial charge in [-0.2, -0.15) is 4.31 Å². The van der Waals surface area contributed by atoms with Crippen LogP contribution in [0.25, 0.3) is 0 Å². The summed E-state index contributed by atoms with van der Waals surface area (Å²) in [5.41, 5.74) is 0. The average Bonchev–Trinajstić information content (AvgIpc) is 2.88. The fraction of sp³-hybridized carbons (Fsp3) is 0.714. The van der Waals surface area contributed by atoms with Gasteiger partial charge in [0.25, 0.3) is 0 Å². The Morgan fingerprint density at radius 3 is 2.60 bits per heavy atom. The molecule has 0 unspecified atom stereocenters. The Morgan fingerprint density at radius 2 is 2.00 bits per heavy atom. The van der Waals surface area contributed by atoms with E-state index in [0.717, 1.165) is 36.5 Å². The van der Waals surface area contributed by atoms with E-state index in [1.165, 1.54) is 11.3 Å². The largest absolute Gasteiger partial charge is 0.315 e. The summed E-state index contributed by atoms with van der Waals surface area (Å²) in [5, 5.41) is 4.80. The molecule has 0 aromatic carbocycles. The normalized spacial score (nSPS) is 24.2. The van der Waals surface area contributed by atoms with Crippen molar-refractivity contribution in [3.63, 3.8) is 0 Å². The lowest BCUT2D eigenvalue weighted by atomic mass is 9.87. The van der Waals surface area contributed by atoms with E-state index in [1.54, 1.807) is 22.8 Å². The Kier molecular flexibility index (Phi) is 5.23. The lowest BCUT2D eigenvalue weighted by molar-refractivity contribution is 0.246. The summed E-state index contributed by atoms with van der Waals surface area (Å²) >= 11 is 1.50. The van der Waals surface area contributed by atoms with Crippen molar-refractivity contribution in [1.82, 2.24) is 9.62 Å². The van der Waals surface area contributed by atoms with E-state index in [4.69, 9.17) is 0 Å². The average molecular weight is 316 g/mol. The van der Waals surface area contributed by atoms with Crippen molar-refractivity contribution in [1.29, 1.82) is 0 Å². The predicted octanol–water partition coefficient (Wildman–Crippen LogP) is 2.67. The van der Waals surface area contributed by atoms with E-state index in [0.29, 0.717) is 11.4 Å². The molecule has 114 valence electrons. The van der Waals surface area contributed by atoms with Crippen molar-refractivity contribution < 1.29 is 8.42 Å². The first-order valence-corrected chi connectivity index (χ1v) is 9.47. The smallest absolute Gasteiger partial charge is 0.243 e. The molecule has 1 aromatic heterocycles. The molecule has 0 bridgehead atoms. The SMILES string of the molecule is CNCc1cc(S(=O)(=O)N(C)C2CCC(C)CC2)cs1. The van der Waals surface area contributed by atoms with Crippen molar-refractivity contribution in [2.24, 2.45) is 5.92 Å². The van der Waals surface area contributed by atoms with Crippen molar-refractivity contribution in [2.75, 3.05) is 14.1 Å². The molecule has 0 atom stereocenters. The minimum Gasteiger partial charge on any atom is -0.315 e. The lowest BCUT2D eigenvalue weighted by Crippen LogP contribution is -2.39. The second-order valence-electron chi connectivity index (χ2n) is 5.71. The molecule has 6 heteroatoms. The highest BCUT2D eigenvalue weighted by molar-refractivity contribution is 7.89. The van der Waals surface area contributed by atoms with Gasteiger partial charge < -0.3 is 5.32 Å². The Bertz CT molecular complexity index is 531. The number of sulfonamides is 1. The third-order valence-electron chi connectivity index (χ3n) is 4.16. The van der Waals surface area contributed by atoms with E-state index in [-0.39, 0.29) is 6.04 Å².